The van der Waals surface area contributed by atoms with Crippen molar-refractivity contribution in [2.45, 2.75) is 325 Å². The van der Waals surface area contributed by atoms with Crippen LogP contribution in [0.5, 0.6) is 23.0 Å². The average Bonchev–Trinajstić information content (AvgIpc) is 0.799. The summed E-state index contributed by atoms with van der Waals surface area (Å²) in [6.45, 7) is 36.2. The molecule has 8 unspecified atom stereocenters. The maximum absolute atomic E-state index is 12.8. The second-order valence-corrected chi connectivity index (χ2v) is 35.9. The first-order chi connectivity index (χ1) is 46.6. The number of aliphatic hydroxyl groups is 2. The molecule has 11 aliphatic carbocycles. The minimum atomic E-state index is -0.842. The lowest BCUT2D eigenvalue weighted by atomic mass is 9.47. The molecule has 17 heteroatoms. The molecule has 2 heterocycles. The van der Waals surface area contributed by atoms with Gasteiger partial charge in [0.05, 0.1) is 38.8 Å². The van der Waals surface area contributed by atoms with Crippen LogP contribution in [0.4, 0.5) is 0 Å². The summed E-state index contributed by atoms with van der Waals surface area (Å²) in [5.74, 6) is 4.88. The van der Waals surface area contributed by atoms with Crippen LogP contribution in [-0.4, -0.2) is 103 Å². The number of carbonyl (C=O) groups is 6. The smallest absolute Gasteiger partial charge is 0.344 e. The van der Waals surface area contributed by atoms with Gasteiger partial charge in [-0.1, -0.05) is 81.4 Å². The van der Waals surface area contributed by atoms with Crippen LogP contribution >= 0.6 is 0 Å². The number of hydrogen-bond acceptors (Lipinski definition) is 17. The molecule has 13 aliphatic rings. The van der Waals surface area contributed by atoms with E-state index >= 15 is 0 Å². The minimum absolute atomic E-state index is 0.0226. The fourth-order valence-corrected chi connectivity index (χ4v) is 18.6. The van der Waals surface area contributed by atoms with E-state index in [0.29, 0.717) is 72.7 Å². The lowest BCUT2D eigenvalue weighted by molar-refractivity contribution is -0.264. The van der Waals surface area contributed by atoms with E-state index in [4.69, 9.17) is 33.2 Å². The molecule has 17 nitrogen and oxygen atoms in total. The van der Waals surface area contributed by atoms with Crippen LogP contribution in [0.25, 0.3) is 0 Å². The molecule has 0 radical (unpaired) electrons. The van der Waals surface area contributed by atoms with Crippen molar-refractivity contribution in [1.29, 1.82) is 0 Å². The Kier molecular flexibility index (Phi) is 25.3. The second kappa shape index (κ2) is 31.5. The normalized spacial score (nSPS) is 31.8. The molecule has 2 saturated heterocycles. The molecule has 2 aliphatic heterocycles. The first-order valence-corrected chi connectivity index (χ1v) is 38.6. The Labute approximate surface area is 598 Å². The highest BCUT2D eigenvalue weighted by Crippen LogP contribution is 2.63. The van der Waals surface area contributed by atoms with Gasteiger partial charge in [0, 0.05) is 31.2 Å². The van der Waals surface area contributed by atoms with Crippen molar-refractivity contribution in [3.8, 4) is 23.0 Å². The van der Waals surface area contributed by atoms with Crippen LogP contribution in [0.2, 0.25) is 0 Å². The zero-order chi connectivity index (χ0) is 73.9. The summed E-state index contributed by atoms with van der Waals surface area (Å²) in [6, 6.07) is 12.3. The highest BCUT2D eigenvalue weighted by molar-refractivity contribution is 5.80. The van der Waals surface area contributed by atoms with Gasteiger partial charge in [-0.25, -0.2) is 4.79 Å². The Morgan fingerprint density at radius 1 is 0.550 bits per heavy atom. The number of carbonyl (C=O) groups excluding carboxylic acids is 6. The Hall–Kier alpha value is -5.42. The first-order valence-electron chi connectivity index (χ1n) is 38.6. The Morgan fingerprint density at radius 3 is 1.54 bits per heavy atom. The predicted octanol–water partition coefficient (Wildman–Crippen LogP) is 17.6. The first kappa shape index (κ1) is 80.3. The maximum Gasteiger partial charge on any atom is 0.344 e. The van der Waals surface area contributed by atoms with Crippen LogP contribution in [0.3, 0.4) is 0 Å². The molecule has 13 fully saturated rings. The van der Waals surface area contributed by atoms with Gasteiger partial charge in [0.2, 0.25) is 0 Å². The number of aromatic hydroxyl groups is 2. The third kappa shape index (κ3) is 18.4. The summed E-state index contributed by atoms with van der Waals surface area (Å²) in [5.41, 5.74) is -3.21. The van der Waals surface area contributed by atoms with Gasteiger partial charge in [-0.2, -0.15) is 0 Å². The van der Waals surface area contributed by atoms with Crippen molar-refractivity contribution >= 4 is 35.8 Å². The minimum Gasteiger partial charge on any atom is -0.504 e. The van der Waals surface area contributed by atoms with E-state index in [9.17, 15) is 49.2 Å². The fraction of sp³-hybridized carbons (Fsp3) is 0.783. The van der Waals surface area contributed by atoms with Gasteiger partial charge >= 0.3 is 35.8 Å². The van der Waals surface area contributed by atoms with Gasteiger partial charge < -0.3 is 53.6 Å². The van der Waals surface area contributed by atoms with Gasteiger partial charge in [0.25, 0.3) is 0 Å². The van der Waals surface area contributed by atoms with Crippen molar-refractivity contribution in [3.63, 3.8) is 0 Å². The molecule has 8 atom stereocenters. The number of hydrogen-bond donors (Lipinski definition) is 4. The van der Waals surface area contributed by atoms with Gasteiger partial charge in [-0.15, -0.1) is 0 Å². The lowest BCUT2D eigenvalue weighted by Gasteiger charge is -2.62. The van der Waals surface area contributed by atoms with Gasteiger partial charge in [0.1, 0.15) is 40.5 Å². The van der Waals surface area contributed by atoms with Crippen molar-refractivity contribution in [3.05, 3.63) is 48.0 Å². The SMILES string of the molecule is CCC(C)(C)C(=O)OC1(C(C)C)C2CC3CC(C2)CC1C3.CCC(C)(C)C(=O)OC1(C(C)C)CCCC1.CCC(C)(C)C(=O)OC12CC3CC(O)(CC(O)(C3)C1)C2.CCC(C)(C)C(=O)OCC(=O)OC1C2CC3CC(C2)C(=O)OC1C3.CCC(C)c1ccc(Oc2ccc(O)c(O)c2)cc1. The average molecular weight is 1400 g/mol. The molecule has 0 spiro atoms. The molecular formula is C83H128O17. The summed E-state index contributed by atoms with van der Waals surface area (Å²) < 4.78 is 39.9. The van der Waals surface area contributed by atoms with E-state index in [2.05, 4.69) is 48.5 Å². The molecular weight excluding hydrogens is 1270 g/mol. The quantitative estimate of drug-likeness (QED) is 0.0546. The van der Waals surface area contributed by atoms with Crippen molar-refractivity contribution in [1.82, 2.24) is 0 Å². The molecule has 0 amide bonds. The number of fused-ring (bicyclic) bond motifs is 1. The summed E-state index contributed by atoms with van der Waals surface area (Å²) in [6.07, 6.45) is 21.5. The van der Waals surface area contributed by atoms with Crippen LogP contribution in [0.15, 0.2) is 42.5 Å². The predicted molar refractivity (Wildman–Crippen MR) is 384 cm³/mol. The molecule has 4 N–H and O–H groups in total. The summed E-state index contributed by atoms with van der Waals surface area (Å²) in [7, 11) is 0. The second-order valence-electron chi connectivity index (χ2n) is 35.9. The lowest BCUT2D eigenvalue weighted by Crippen LogP contribution is -2.67. The van der Waals surface area contributed by atoms with Gasteiger partial charge in [0.15, 0.2) is 18.1 Å². The number of benzene rings is 2. The zero-order valence-electron chi connectivity index (χ0n) is 64.3. The highest BCUT2D eigenvalue weighted by atomic mass is 16.6. The van der Waals surface area contributed by atoms with Crippen LogP contribution in [-0.2, 0) is 57.2 Å². The van der Waals surface area contributed by atoms with Gasteiger partial charge in [-0.3, -0.25) is 24.0 Å². The molecule has 562 valence electrons. The van der Waals surface area contributed by atoms with E-state index in [1.54, 1.807) is 19.9 Å². The third-order valence-electron chi connectivity index (χ3n) is 26.1. The van der Waals surface area contributed by atoms with Crippen LogP contribution in [0, 0.1) is 80.8 Å². The van der Waals surface area contributed by atoms with Crippen molar-refractivity contribution < 1.29 is 82.4 Å². The van der Waals surface area contributed by atoms with E-state index in [1.165, 1.54) is 62.6 Å². The van der Waals surface area contributed by atoms with E-state index < -0.39 is 45.7 Å². The zero-order valence-corrected chi connectivity index (χ0v) is 64.3. The van der Waals surface area contributed by atoms with Crippen molar-refractivity contribution in [2.24, 2.45) is 80.8 Å². The largest absolute Gasteiger partial charge is 0.504 e. The number of ether oxygens (including phenoxy) is 7. The monoisotopic (exact) mass is 1400 g/mol. The van der Waals surface area contributed by atoms with Crippen LogP contribution < -0.4 is 4.74 Å². The number of rotatable bonds is 20. The topological polar surface area (TPSA) is 248 Å². The van der Waals surface area contributed by atoms with E-state index in [1.807, 2.05) is 86.6 Å². The number of phenolic OH excluding ortho intramolecular Hbond substituents is 2. The molecule has 100 heavy (non-hydrogen) atoms. The summed E-state index contributed by atoms with van der Waals surface area (Å²) in [5, 5.41) is 39.9. The molecule has 11 saturated carbocycles. The Balaban J connectivity index is 0.000000160. The maximum atomic E-state index is 12.8. The summed E-state index contributed by atoms with van der Waals surface area (Å²) in [4.78, 5) is 73.4. The Bertz CT molecular complexity index is 3100. The Morgan fingerprint density at radius 2 is 1.05 bits per heavy atom. The molecule has 2 aromatic carbocycles. The van der Waals surface area contributed by atoms with Crippen molar-refractivity contribution in [2.75, 3.05) is 6.61 Å². The molecule has 0 aromatic heterocycles. The molecule has 2 aromatic rings. The fourth-order valence-electron chi connectivity index (χ4n) is 18.6. The molecule has 12 bridgehead atoms. The third-order valence-corrected chi connectivity index (χ3v) is 26.1. The number of esters is 6. The highest BCUT2D eigenvalue weighted by Gasteiger charge is 2.65. The standard InChI is InChI=1S/C19H32O2.C18H26O6.C16H26O4.C16H18O3.C14H26O2/c1-6-18(4,5)17(20)21-19(12(2)3)15-8-13-7-14(10-15)11-16(19)9-13;1-4-18(2,3)17(21)22-9-14(19)24-15-11-5-10-6-12(8-11)16(20)23-13(15)7-10;1-4-13(2,3)12(17)20-16-7-11-5-14(18,9-16)8-15(19,6-11)10-16;1-3-11(2)12-4-6-13(7-5-12)19-14-8-9-15(17)16(18)10-14;1-6-13(4,5)12(15)16-14(11(2)3)9-7-8-10-14/h12-16H,6-11H2,1-5H3;10-13,15H,4-9H2,1-3H3;11,18-19H,4-10H2,1-3H3;4-11,17-18H,3H2,1-2H3;11H,6-10H2,1-5H3. The summed E-state index contributed by atoms with van der Waals surface area (Å²) >= 11 is 0. The number of phenols is 2. The van der Waals surface area contributed by atoms with Gasteiger partial charge in [-0.05, 0) is 273 Å². The van der Waals surface area contributed by atoms with Crippen LogP contribution in [0.1, 0.15) is 290 Å². The molecule has 15 rings (SSSR count). The van der Waals surface area contributed by atoms with E-state index in [0.717, 1.165) is 95.3 Å². The van der Waals surface area contributed by atoms with E-state index in [-0.39, 0.29) is 87.9 Å².